The van der Waals surface area contributed by atoms with Crippen LogP contribution in [0.3, 0.4) is 0 Å². The summed E-state index contributed by atoms with van der Waals surface area (Å²) in [5, 5.41) is 4.40. The molecule has 0 saturated carbocycles. The van der Waals surface area contributed by atoms with Crippen LogP contribution in [0.15, 0.2) is 120 Å². The fourth-order valence-corrected chi connectivity index (χ4v) is 8.00. The molecule has 0 saturated heterocycles. The topological polar surface area (TPSA) is 117 Å². The summed E-state index contributed by atoms with van der Waals surface area (Å²) in [7, 11) is -3.20. The number of carbonyl (C=O) groups excluding carboxylic acids is 2. The zero-order valence-corrected chi connectivity index (χ0v) is 37.2. The van der Waals surface area contributed by atoms with Crippen LogP contribution in [0, 0.1) is 22.9 Å². The van der Waals surface area contributed by atoms with E-state index in [-0.39, 0.29) is 38.4 Å². The molecule has 11 nitrogen and oxygen atoms in total. The lowest BCUT2D eigenvalue weighted by molar-refractivity contribution is -0.604. The Morgan fingerprint density at radius 2 is 1.31 bits per heavy atom. The van der Waals surface area contributed by atoms with Gasteiger partial charge in [0.1, 0.15) is 34.7 Å². The normalized spacial score (nSPS) is 12.9. The van der Waals surface area contributed by atoms with Crippen LogP contribution in [-0.2, 0) is 22.6 Å². The third-order valence-corrected chi connectivity index (χ3v) is 11.6. The van der Waals surface area contributed by atoms with Crippen molar-refractivity contribution in [2.45, 2.75) is 58.8 Å². The lowest BCUT2D eigenvalue weighted by atomic mass is 9.98. The minimum absolute atomic E-state index is 0.00197. The van der Waals surface area contributed by atoms with Gasteiger partial charge in [0.2, 0.25) is 0 Å². The summed E-state index contributed by atoms with van der Waals surface area (Å²) in [5.41, 5.74) is 16.5. The van der Waals surface area contributed by atoms with Gasteiger partial charge in [-0.25, -0.2) is 14.6 Å². The average molecular weight is 841 g/mol. The van der Waals surface area contributed by atoms with Crippen LogP contribution in [0.25, 0.3) is 11.4 Å². The SMILES string of the molecule is C[Si](C)(C)C#Cc1ccc2c(c1)C(c1ccccc1)=NCc1c(C(=O)OCCCOC(=O)n3nc[n+]4c3CN=C(c3ccccc3)c3cc(C#C[Si](C)(C)C)ccc3-4)ncn1-2. The van der Waals surface area contributed by atoms with Crippen LogP contribution >= 0.6 is 0 Å². The third kappa shape index (κ3) is 9.14. The van der Waals surface area contributed by atoms with E-state index >= 15 is 0 Å². The first-order valence-corrected chi connectivity index (χ1v) is 27.3. The quantitative estimate of drug-likeness (QED) is 0.0534. The van der Waals surface area contributed by atoms with Crippen molar-refractivity contribution in [3.05, 3.63) is 160 Å². The number of imidazole rings is 1. The first-order valence-electron chi connectivity index (χ1n) is 20.3. The maximum absolute atomic E-state index is 13.5. The molecule has 0 bridgehead atoms. The van der Waals surface area contributed by atoms with Crippen molar-refractivity contribution in [2.75, 3.05) is 13.2 Å². The zero-order chi connectivity index (χ0) is 42.7. The van der Waals surface area contributed by atoms with Crippen LogP contribution in [0.1, 0.15) is 61.8 Å². The lowest BCUT2D eigenvalue weighted by Gasteiger charge is -2.13. The fraction of sp³-hybridized carbons (Fsp3) is 0.229. The molecule has 0 N–H and O–H groups in total. The van der Waals surface area contributed by atoms with Crippen molar-refractivity contribution in [3.63, 3.8) is 0 Å². The van der Waals surface area contributed by atoms with Crippen LogP contribution in [0.4, 0.5) is 4.79 Å². The predicted molar refractivity (Wildman–Crippen MR) is 241 cm³/mol. The summed E-state index contributed by atoms with van der Waals surface area (Å²) in [6.07, 6.45) is 2.86. The number of nitrogens with zero attached hydrogens (tertiary/aromatic N) is 7. The van der Waals surface area contributed by atoms with Gasteiger partial charge in [-0.1, -0.05) is 112 Å². The molecule has 61 heavy (non-hydrogen) atoms. The molecule has 13 heteroatoms. The van der Waals surface area contributed by atoms with Gasteiger partial charge < -0.3 is 9.47 Å². The van der Waals surface area contributed by atoms with Crippen LogP contribution in [0.5, 0.6) is 0 Å². The van der Waals surface area contributed by atoms with Crippen LogP contribution in [0.2, 0.25) is 39.3 Å². The number of fused-ring (bicyclic) bond motifs is 6. The van der Waals surface area contributed by atoms with Gasteiger partial charge in [0, 0.05) is 44.9 Å². The van der Waals surface area contributed by atoms with E-state index in [9.17, 15) is 9.59 Å². The molecule has 2 aromatic heterocycles. The van der Waals surface area contributed by atoms with E-state index in [2.05, 4.69) is 84.4 Å². The summed E-state index contributed by atoms with van der Waals surface area (Å²) in [6.45, 7) is 13.7. The van der Waals surface area contributed by atoms with Gasteiger partial charge >= 0.3 is 12.1 Å². The number of ether oxygens (including phenoxy) is 2. The largest absolute Gasteiger partial charge is 0.513 e. The molecule has 0 aliphatic carbocycles. The van der Waals surface area contributed by atoms with E-state index in [1.54, 1.807) is 12.7 Å². The van der Waals surface area contributed by atoms with Gasteiger partial charge in [-0.15, -0.1) is 11.1 Å². The average Bonchev–Trinajstić information content (AvgIpc) is 3.78. The molecule has 2 aliphatic rings. The highest BCUT2D eigenvalue weighted by molar-refractivity contribution is 6.84. The van der Waals surface area contributed by atoms with Crippen molar-refractivity contribution >= 4 is 39.6 Å². The molecule has 0 atom stereocenters. The van der Waals surface area contributed by atoms with E-state index in [1.165, 1.54) is 4.68 Å². The maximum Gasteiger partial charge on any atom is 0.513 e. The van der Waals surface area contributed by atoms with Gasteiger partial charge in [0.15, 0.2) is 5.69 Å². The second kappa shape index (κ2) is 17.0. The Balaban J connectivity index is 0.955. The highest BCUT2D eigenvalue weighted by Crippen LogP contribution is 2.28. The summed E-state index contributed by atoms with van der Waals surface area (Å²) in [6, 6.07) is 32.1. The highest BCUT2D eigenvalue weighted by atomic mass is 28.3. The molecule has 6 aromatic rings. The van der Waals surface area contributed by atoms with Crippen molar-refractivity contribution in [1.29, 1.82) is 0 Å². The number of hydrogen-bond acceptors (Lipinski definition) is 8. The Kier molecular flexibility index (Phi) is 11.4. The second-order valence-electron chi connectivity index (χ2n) is 16.9. The van der Waals surface area contributed by atoms with E-state index in [4.69, 9.17) is 19.5 Å². The Morgan fingerprint density at radius 1 is 0.721 bits per heavy atom. The first kappa shape index (κ1) is 40.8. The molecule has 2 aliphatic heterocycles. The Labute approximate surface area is 357 Å². The molecule has 4 heterocycles. The molecule has 8 rings (SSSR count). The summed E-state index contributed by atoms with van der Waals surface area (Å²) < 4.78 is 16.3. The second-order valence-corrected chi connectivity index (χ2v) is 26.4. The van der Waals surface area contributed by atoms with Crippen LogP contribution in [-0.4, -0.2) is 72.2 Å². The van der Waals surface area contributed by atoms with Gasteiger partial charge in [-0.2, -0.15) is 4.57 Å². The van der Waals surface area contributed by atoms with E-state index in [0.29, 0.717) is 11.5 Å². The molecule has 0 spiro atoms. The monoisotopic (exact) mass is 840 g/mol. The van der Waals surface area contributed by atoms with E-state index in [0.717, 1.165) is 56.2 Å². The Morgan fingerprint density at radius 3 is 1.97 bits per heavy atom. The first-order chi connectivity index (χ1) is 29.3. The number of aliphatic imine (C=N–C) groups is 2. The molecular weight excluding hydrogens is 795 g/mol. The zero-order valence-electron chi connectivity index (χ0n) is 35.2. The fourth-order valence-electron chi connectivity index (χ4n) is 6.96. The van der Waals surface area contributed by atoms with Gasteiger partial charge in [0.05, 0.1) is 42.6 Å². The summed E-state index contributed by atoms with van der Waals surface area (Å²) in [4.78, 5) is 41.4. The number of benzene rings is 4. The number of hydrogen-bond donors (Lipinski definition) is 0. The smallest absolute Gasteiger partial charge is 0.461 e. The van der Waals surface area contributed by atoms with E-state index in [1.807, 2.05) is 94.1 Å². The summed E-state index contributed by atoms with van der Waals surface area (Å²) in [5.74, 6) is 6.70. The molecular formula is C48H46N7O4Si2+. The third-order valence-electron chi connectivity index (χ3n) is 9.83. The van der Waals surface area contributed by atoms with Crippen molar-refractivity contribution in [1.82, 2.24) is 19.3 Å². The van der Waals surface area contributed by atoms with Gasteiger partial charge in [0.25, 0.3) is 12.2 Å². The number of carbonyl (C=O) groups is 2. The number of rotatable bonds is 7. The van der Waals surface area contributed by atoms with Gasteiger partial charge in [-0.05, 0) is 41.1 Å². The number of aromatic nitrogens is 5. The molecule has 0 fully saturated rings. The molecule has 4 aromatic carbocycles. The molecule has 0 radical (unpaired) electrons. The van der Waals surface area contributed by atoms with Crippen LogP contribution < -0.4 is 4.57 Å². The Hall–Kier alpha value is -6.94. The Bertz CT molecular complexity index is 2670. The molecule has 304 valence electrons. The standard InChI is InChI=1S/C48H46N7O4Si2/c1-60(2,3)26-22-34-18-20-40-38(28-34)44(36-14-9-7-10-15-36)49-30-42-46(51-32-53(40)42)47(56)58-24-13-25-59-48(57)55-43-31-50-45(37-16-11-8-12-17-37)39-29-35(23-27-61(4,5)6)19-21-41(39)54(43)33-52-55/h7-12,14-21,28-29,32-33H,13,24-25,30-31H2,1-6H3/q+1. The minimum atomic E-state index is -1.60. The van der Waals surface area contributed by atoms with E-state index < -0.39 is 28.2 Å². The maximum atomic E-state index is 13.5. The molecule has 0 amide bonds. The van der Waals surface area contributed by atoms with Gasteiger partial charge in [-0.3, -0.25) is 14.6 Å². The number of esters is 1. The minimum Gasteiger partial charge on any atom is -0.461 e. The summed E-state index contributed by atoms with van der Waals surface area (Å²) >= 11 is 0. The highest BCUT2D eigenvalue weighted by Gasteiger charge is 2.32. The molecule has 0 unspecified atom stereocenters. The lowest BCUT2D eigenvalue weighted by Crippen LogP contribution is -2.36. The van der Waals surface area contributed by atoms with Crippen molar-refractivity contribution < 1.29 is 23.6 Å². The van der Waals surface area contributed by atoms with Crippen molar-refractivity contribution in [3.8, 4) is 34.3 Å². The van der Waals surface area contributed by atoms with Crippen molar-refractivity contribution in [2.24, 2.45) is 9.98 Å². The predicted octanol–water partition coefficient (Wildman–Crippen LogP) is 7.74.